The summed E-state index contributed by atoms with van der Waals surface area (Å²) >= 11 is 0. The van der Waals surface area contributed by atoms with Crippen molar-refractivity contribution in [3.05, 3.63) is 34.6 Å². The summed E-state index contributed by atoms with van der Waals surface area (Å²) in [6.07, 6.45) is -1.95. The molecule has 0 heterocycles. The number of halogens is 1. The molecule has 0 saturated heterocycles. The Balaban J connectivity index is 3.45. The number of rotatable bonds is 3. The van der Waals surface area contributed by atoms with E-state index >= 15 is 0 Å². The molecular weight excluding hydrogens is 217 g/mol. The molecule has 1 rings (SSSR count). The summed E-state index contributed by atoms with van der Waals surface area (Å²) in [5, 5.41) is 26.2. The van der Waals surface area contributed by atoms with Crippen LogP contribution in [0.5, 0.6) is 0 Å². The number of aliphatic hydroxyl groups is 1. The lowest BCUT2D eigenvalue weighted by Crippen LogP contribution is -2.15. The Morgan fingerprint density at radius 3 is 2.62 bits per heavy atom. The number of nitriles is 1. The van der Waals surface area contributed by atoms with Crippen LogP contribution in [0.25, 0.3) is 0 Å². The van der Waals surface area contributed by atoms with E-state index in [4.69, 9.17) is 10.4 Å². The maximum atomic E-state index is 13.4. The molecule has 0 aliphatic rings. The third kappa shape index (κ3) is 2.04. The van der Waals surface area contributed by atoms with Gasteiger partial charge in [0, 0.05) is 11.1 Å². The van der Waals surface area contributed by atoms with Crippen LogP contribution in [-0.4, -0.2) is 22.5 Å². The number of aliphatic carboxylic acids is 1. The van der Waals surface area contributed by atoms with Crippen LogP contribution in [0.3, 0.4) is 0 Å². The third-order valence-electron chi connectivity index (χ3n) is 1.92. The van der Waals surface area contributed by atoms with Crippen molar-refractivity contribution >= 4 is 12.3 Å². The van der Waals surface area contributed by atoms with E-state index in [0.717, 1.165) is 12.1 Å². The van der Waals surface area contributed by atoms with E-state index in [9.17, 15) is 19.1 Å². The van der Waals surface area contributed by atoms with Crippen LogP contribution in [0.2, 0.25) is 0 Å². The van der Waals surface area contributed by atoms with Crippen molar-refractivity contribution in [2.45, 2.75) is 6.10 Å². The third-order valence-corrected chi connectivity index (χ3v) is 1.92. The second kappa shape index (κ2) is 4.51. The average molecular weight is 223 g/mol. The maximum absolute atomic E-state index is 13.4. The van der Waals surface area contributed by atoms with Gasteiger partial charge in [0.1, 0.15) is 5.82 Å². The predicted octanol–water partition coefficient (Wildman–Crippen LogP) is 0.628. The zero-order chi connectivity index (χ0) is 12.3. The smallest absolute Gasteiger partial charge is 0.337 e. The quantitative estimate of drug-likeness (QED) is 0.732. The van der Waals surface area contributed by atoms with Crippen molar-refractivity contribution in [1.82, 2.24) is 0 Å². The summed E-state index contributed by atoms with van der Waals surface area (Å²) in [4.78, 5) is 21.1. The highest BCUT2D eigenvalue weighted by atomic mass is 19.1. The predicted molar refractivity (Wildman–Crippen MR) is 49.1 cm³/mol. The van der Waals surface area contributed by atoms with Gasteiger partial charge in [0.2, 0.25) is 0 Å². The minimum absolute atomic E-state index is 0.124. The molecule has 0 aliphatic carbocycles. The van der Waals surface area contributed by atoms with Gasteiger partial charge in [-0.15, -0.1) is 0 Å². The summed E-state index contributed by atoms with van der Waals surface area (Å²) in [7, 11) is 0. The Kier molecular flexibility index (Phi) is 3.33. The summed E-state index contributed by atoms with van der Waals surface area (Å²) in [6.45, 7) is 0. The van der Waals surface area contributed by atoms with Crippen molar-refractivity contribution < 1.29 is 24.2 Å². The van der Waals surface area contributed by atoms with Crippen LogP contribution in [0, 0.1) is 17.1 Å². The van der Waals surface area contributed by atoms with Crippen LogP contribution in [-0.2, 0) is 4.79 Å². The molecule has 0 amide bonds. The molecule has 0 spiro atoms. The minimum Gasteiger partial charge on any atom is -0.479 e. The Labute approximate surface area is 89.4 Å². The first-order valence-electron chi connectivity index (χ1n) is 4.10. The van der Waals surface area contributed by atoms with Crippen molar-refractivity contribution in [3.8, 4) is 6.07 Å². The molecule has 0 fully saturated rings. The molecule has 2 N–H and O–H groups in total. The summed E-state index contributed by atoms with van der Waals surface area (Å²) < 4.78 is 13.4. The molecule has 5 nitrogen and oxygen atoms in total. The van der Waals surface area contributed by atoms with E-state index in [0.29, 0.717) is 0 Å². The summed E-state index contributed by atoms with van der Waals surface area (Å²) in [6, 6.07) is 3.38. The number of aliphatic hydroxyl groups excluding tert-OH is 1. The summed E-state index contributed by atoms with van der Waals surface area (Å²) in [5.41, 5.74) is -1.12. The lowest BCUT2D eigenvalue weighted by molar-refractivity contribution is -0.147. The van der Waals surface area contributed by atoms with E-state index in [-0.39, 0.29) is 17.4 Å². The Hall–Kier alpha value is -2.26. The van der Waals surface area contributed by atoms with Gasteiger partial charge in [0.15, 0.2) is 12.4 Å². The van der Waals surface area contributed by atoms with E-state index in [1.165, 1.54) is 0 Å². The van der Waals surface area contributed by atoms with Crippen molar-refractivity contribution in [2.24, 2.45) is 0 Å². The molecule has 16 heavy (non-hydrogen) atoms. The summed E-state index contributed by atoms with van der Waals surface area (Å²) in [5.74, 6) is -2.78. The SMILES string of the molecule is N#Cc1cc(F)c(C(O)C(=O)O)c(C=O)c1. The second-order valence-electron chi connectivity index (χ2n) is 2.93. The van der Waals surface area contributed by atoms with Gasteiger partial charge in [-0.05, 0) is 12.1 Å². The Morgan fingerprint density at radius 1 is 1.56 bits per heavy atom. The van der Waals surface area contributed by atoms with Crippen LogP contribution >= 0.6 is 0 Å². The van der Waals surface area contributed by atoms with Crippen LogP contribution in [0.4, 0.5) is 4.39 Å². The van der Waals surface area contributed by atoms with E-state index in [1.807, 2.05) is 0 Å². The van der Waals surface area contributed by atoms with Crippen molar-refractivity contribution in [3.63, 3.8) is 0 Å². The fourth-order valence-corrected chi connectivity index (χ4v) is 1.21. The number of nitrogens with zero attached hydrogens (tertiary/aromatic N) is 1. The fourth-order valence-electron chi connectivity index (χ4n) is 1.21. The lowest BCUT2D eigenvalue weighted by atomic mass is 10.00. The van der Waals surface area contributed by atoms with Gasteiger partial charge in [-0.25, -0.2) is 9.18 Å². The monoisotopic (exact) mass is 223 g/mol. The number of hydrogen-bond acceptors (Lipinski definition) is 4. The molecule has 1 atom stereocenters. The molecule has 0 aliphatic heterocycles. The molecule has 0 bridgehead atoms. The minimum atomic E-state index is -2.13. The average Bonchev–Trinajstić information content (AvgIpc) is 2.26. The van der Waals surface area contributed by atoms with Crippen molar-refractivity contribution in [1.29, 1.82) is 5.26 Å². The molecule has 0 radical (unpaired) electrons. The van der Waals surface area contributed by atoms with Crippen LogP contribution in [0.15, 0.2) is 12.1 Å². The zero-order valence-electron chi connectivity index (χ0n) is 7.85. The molecule has 6 heteroatoms. The van der Waals surface area contributed by atoms with Crippen molar-refractivity contribution in [2.75, 3.05) is 0 Å². The highest BCUT2D eigenvalue weighted by Gasteiger charge is 2.24. The number of carboxylic acid groups (broad SMARTS) is 1. The van der Waals surface area contributed by atoms with Crippen LogP contribution < -0.4 is 0 Å². The van der Waals surface area contributed by atoms with E-state index < -0.39 is 23.5 Å². The first kappa shape index (κ1) is 11.8. The number of aldehydes is 1. The number of carbonyl (C=O) groups is 2. The fraction of sp³-hybridized carbons (Fsp3) is 0.100. The highest BCUT2D eigenvalue weighted by molar-refractivity contribution is 5.83. The molecule has 1 unspecified atom stereocenters. The number of hydrogen-bond donors (Lipinski definition) is 2. The number of carboxylic acids is 1. The molecule has 0 saturated carbocycles. The first-order valence-corrected chi connectivity index (χ1v) is 4.10. The maximum Gasteiger partial charge on any atom is 0.337 e. The first-order chi connectivity index (χ1) is 7.51. The zero-order valence-corrected chi connectivity index (χ0v) is 7.85. The van der Waals surface area contributed by atoms with Gasteiger partial charge in [0.05, 0.1) is 11.6 Å². The molecule has 1 aromatic carbocycles. The lowest BCUT2D eigenvalue weighted by Gasteiger charge is -2.10. The molecule has 0 aromatic heterocycles. The van der Waals surface area contributed by atoms with Gasteiger partial charge in [0.25, 0.3) is 0 Å². The molecule has 1 aromatic rings. The van der Waals surface area contributed by atoms with Gasteiger partial charge in [-0.2, -0.15) is 5.26 Å². The Bertz CT molecular complexity index is 492. The second-order valence-corrected chi connectivity index (χ2v) is 2.93. The molecular formula is C10H6FNO4. The number of carbonyl (C=O) groups excluding carboxylic acids is 1. The highest BCUT2D eigenvalue weighted by Crippen LogP contribution is 2.22. The van der Waals surface area contributed by atoms with E-state index in [2.05, 4.69) is 0 Å². The largest absolute Gasteiger partial charge is 0.479 e. The van der Waals surface area contributed by atoms with Gasteiger partial charge in [-0.3, -0.25) is 4.79 Å². The topological polar surface area (TPSA) is 98.4 Å². The molecule has 82 valence electrons. The van der Waals surface area contributed by atoms with Gasteiger partial charge >= 0.3 is 5.97 Å². The Morgan fingerprint density at radius 2 is 2.19 bits per heavy atom. The van der Waals surface area contributed by atoms with Crippen LogP contribution in [0.1, 0.15) is 27.6 Å². The van der Waals surface area contributed by atoms with E-state index in [1.54, 1.807) is 6.07 Å². The standard InChI is InChI=1S/C10H6FNO4/c11-7-2-5(3-12)1-6(4-13)8(7)9(14)10(15)16/h1-2,4,9,14H,(H,15,16). The van der Waals surface area contributed by atoms with Gasteiger partial charge < -0.3 is 10.2 Å². The van der Waals surface area contributed by atoms with Gasteiger partial charge in [-0.1, -0.05) is 0 Å². The number of benzene rings is 1. The normalized spacial score (nSPS) is 11.6.